The molecule has 0 aromatic rings. The molecule has 0 saturated carbocycles. The van der Waals surface area contributed by atoms with Gasteiger partial charge in [-0.25, -0.2) is 0 Å². The van der Waals surface area contributed by atoms with Crippen molar-refractivity contribution in [2.24, 2.45) is 5.73 Å². The normalized spacial score (nSPS) is 18.2. The fourth-order valence-electron chi connectivity index (χ4n) is 6.03. The standard InChI is InChI=1S/C41H67N9O19/c42-29-26-68-41-30(27-69-40(29)41)49-36(56)25-47-34(54)23-45-32(52)21-44-33(53)22-46-35(55)24-48-37(57)28-67-20-19-66-18-17-65-16-15-64-14-13-63-12-11-62-10-9-61-8-7-60-6-4-43-31(51)3-5-50-38(58)1-2-39(50)59/h1-2,29-30,40-41H,3-28,42H2,(H,43,51)(H,44,53)(H,45,52)(H,46,55)(H,47,54)(H,48,57)(H,49,56)/t29-,30-,40+,41+/m0/s1. The first-order valence-corrected chi connectivity index (χ1v) is 22.5. The van der Waals surface area contributed by atoms with E-state index in [1.165, 1.54) is 12.2 Å². The van der Waals surface area contributed by atoms with Crippen LogP contribution >= 0.6 is 0 Å². The van der Waals surface area contributed by atoms with E-state index in [9.17, 15) is 43.2 Å². The highest BCUT2D eigenvalue weighted by atomic mass is 16.6. The van der Waals surface area contributed by atoms with E-state index in [4.69, 9.17) is 53.1 Å². The highest BCUT2D eigenvalue weighted by Gasteiger charge is 2.46. The van der Waals surface area contributed by atoms with E-state index < -0.39 is 73.4 Å². The van der Waals surface area contributed by atoms with E-state index in [0.29, 0.717) is 99.0 Å². The third-order valence-electron chi connectivity index (χ3n) is 9.54. The fraction of sp³-hybridized carbons (Fsp3) is 0.732. The van der Waals surface area contributed by atoms with Gasteiger partial charge >= 0.3 is 0 Å². The predicted molar refractivity (Wildman–Crippen MR) is 234 cm³/mol. The van der Waals surface area contributed by atoms with Gasteiger partial charge in [0.2, 0.25) is 41.4 Å². The van der Waals surface area contributed by atoms with Crippen molar-refractivity contribution in [3.05, 3.63) is 12.2 Å². The highest BCUT2D eigenvalue weighted by Crippen LogP contribution is 2.25. The Balaban J connectivity index is 0.964. The number of imide groups is 1. The molecule has 0 radical (unpaired) electrons. The summed E-state index contributed by atoms with van der Waals surface area (Å²) in [5, 5.41) is 17.0. The van der Waals surface area contributed by atoms with Crippen molar-refractivity contribution in [2.45, 2.75) is 30.7 Å². The first-order chi connectivity index (χ1) is 33.4. The number of carbonyl (C=O) groups is 9. The highest BCUT2D eigenvalue weighted by molar-refractivity contribution is 6.13. The molecule has 28 heteroatoms. The molecule has 3 rings (SSSR count). The van der Waals surface area contributed by atoms with Crippen molar-refractivity contribution >= 4 is 53.2 Å². The van der Waals surface area contributed by atoms with Crippen molar-refractivity contribution in [1.29, 1.82) is 0 Å². The van der Waals surface area contributed by atoms with Crippen LogP contribution in [0.25, 0.3) is 0 Å². The van der Waals surface area contributed by atoms with E-state index in [1.54, 1.807) is 0 Å². The Morgan fingerprint density at radius 2 is 0.855 bits per heavy atom. The Hall–Kier alpha value is -5.27. The lowest BCUT2D eigenvalue weighted by Gasteiger charge is -2.17. The first-order valence-electron chi connectivity index (χ1n) is 22.5. The molecule has 2 saturated heterocycles. The average molecular weight is 990 g/mol. The number of nitrogens with one attached hydrogen (secondary N) is 7. The molecule has 3 heterocycles. The summed E-state index contributed by atoms with van der Waals surface area (Å²) in [4.78, 5) is 108. The first kappa shape index (κ1) is 58.0. The molecule has 3 aliphatic heterocycles. The zero-order valence-corrected chi connectivity index (χ0v) is 38.6. The second kappa shape index (κ2) is 35.8. The Labute approximate surface area is 398 Å². The number of hydrogen-bond acceptors (Lipinski definition) is 20. The molecule has 0 spiro atoms. The van der Waals surface area contributed by atoms with E-state index in [0.717, 1.165) is 4.90 Å². The molecular weight excluding hydrogens is 922 g/mol. The van der Waals surface area contributed by atoms with E-state index in [-0.39, 0.29) is 76.1 Å². The summed E-state index contributed by atoms with van der Waals surface area (Å²) < 4.78 is 54.3. The maximum absolute atomic E-state index is 12.2. The second-order valence-electron chi connectivity index (χ2n) is 14.9. The summed E-state index contributed by atoms with van der Waals surface area (Å²) in [7, 11) is 0. The zero-order chi connectivity index (χ0) is 49.9. The molecule has 3 aliphatic rings. The summed E-state index contributed by atoms with van der Waals surface area (Å²) in [6.45, 7) is 3.57. The van der Waals surface area contributed by atoms with E-state index in [2.05, 4.69) is 37.2 Å². The zero-order valence-electron chi connectivity index (χ0n) is 38.6. The smallest absolute Gasteiger partial charge is 0.253 e. The summed E-state index contributed by atoms with van der Waals surface area (Å²) in [6.07, 6.45) is 1.74. The van der Waals surface area contributed by atoms with Gasteiger partial charge in [-0.05, 0) is 0 Å². The molecule has 9 N–H and O–H groups in total. The molecule has 9 amide bonds. The van der Waals surface area contributed by atoms with Gasteiger partial charge in [0.1, 0.15) is 18.8 Å². The molecule has 28 nitrogen and oxygen atoms in total. The van der Waals surface area contributed by atoms with Crippen molar-refractivity contribution < 1.29 is 90.5 Å². The van der Waals surface area contributed by atoms with Crippen LogP contribution in [0.2, 0.25) is 0 Å². The minimum atomic E-state index is -0.689. The second-order valence-corrected chi connectivity index (χ2v) is 14.9. The van der Waals surface area contributed by atoms with Gasteiger partial charge in [-0.15, -0.1) is 0 Å². The average Bonchev–Trinajstić information content (AvgIpc) is 4.02. The lowest BCUT2D eigenvalue weighted by molar-refractivity contribution is -0.137. The van der Waals surface area contributed by atoms with E-state index >= 15 is 0 Å². The van der Waals surface area contributed by atoms with Gasteiger partial charge in [-0.3, -0.25) is 48.1 Å². The fourth-order valence-corrected chi connectivity index (χ4v) is 6.03. The maximum atomic E-state index is 12.2. The van der Waals surface area contributed by atoms with Crippen LogP contribution in [0.15, 0.2) is 12.2 Å². The van der Waals surface area contributed by atoms with Crippen molar-refractivity contribution in [2.75, 3.05) is 165 Å². The molecule has 0 bridgehead atoms. The van der Waals surface area contributed by atoms with Gasteiger partial charge in [0.25, 0.3) is 11.8 Å². The molecule has 0 unspecified atom stereocenters. The number of fused-ring (bicyclic) bond motifs is 1. The van der Waals surface area contributed by atoms with Gasteiger partial charge in [0, 0.05) is 31.7 Å². The Morgan fingerprint density at radius 1 is 0.478 bits per heavy atom. The minimum Gasteiger partial charge on any atom is -0.377 e. The monoisotopic (exact) mass is 989 g/mol. The Morgan fingerprint density at radius 3 is 1.30 bits per heavy atom. The van der Waals surface area contributed by atoms with Crippen molar-refractivity contribution in [1.82, 2.24) is 42.1 Å². The number of rotatable bonds is 40. The molecule has 2 fully saturated rings. The van der Waals surface area contributed by atoms with Crippen LogP contribution in [0.4, 0.5) is 0 Å². The van der Waals surface area contributed by atoms with Crippen LogP contribution in [0.1, 0.15) is 6.42 Å². The molecule has 69 heavy (non-hydrogen) atoms. The SMILES string of the molecule is N[C@H]1CO[C@H]2[C@@H]1OC[C@@H]2NC(=O)CNC(=O)CNC(=O)CNC(=O)CNC(=O)CNC(=O)COCCOCCOCCOCCOCCOCCOCCOCCNC(=O)CCN1C(=O)C=CC1=O. The predicted octanol–water partition coefficient (Wildman–Crippen LogP) is -7.26. The largest absolute Gasteiger partial charge is 0.377 e. The van der Waals surface area contributed by atoms with Crippen molar-refractivity contribution in [3.63, 3.8) is 0 Å². The molecule has 0 aliphatic carbocycles. The van der Waals surface area contributed by atoms with E-state index in [1.807, 2.05) is 0 Å². The quantitative estimate of drug-likeness (QED) is 0.0209. The Bertz CT molecular complexity index is 1640. The minimum absolute atomic E-state index is 0.0272. The van der Waals surface area contributed by atoms with Gasteiger partial charge in [-0.1, -0.05) is 0 Å². The van der Waals surface area contributed by atoms with Crippen LogP contribution in [0, 0.1) is 0 Å². The summed E-state index contributed by atoms with van der Waals surface area (Å²) in [5.41, 5.74) is 5.89. The molecule has 0 aromatic heterocycles. The summed E-state index contributed by atoms with van der Waals surface area (Å²) in [6, 6.07) is -0.652. The van der Waals surface area contributed by atoms with Crippen LogP contribution in [-0.4, -0.2) is 247 Å². The van der Waals surface area contributed by atoms with Crippen LogP contribution < -0.4 is 43.0 Å². The van der Waals surface area contributed by atoms with Crippen LogP contribution in [0.5, 0.6) is 0 Å². The summed E-state index contributed by atoms with van der Waals surface area (Å²) in [5.74, 6) is -4.80. The topological polar surface area (TPSA) is 359 Å². The number of ether oxygens (including phenoxy) is 10. The van der Waals surface area contributed by atoms with Gasteiger partial charge in [0.05, 0.1) is 157 Å². The number of carbonyl (C=O) groups excluding carboxylic acids is 9. The molecule has 390 valence electrons. The number of hydrogen-bond donors (Lipinski definition) is 8. The third kappa shape index (κ3) is 26.9. The van der Waals surface area contributed by atoms with Crippen molar-refractivity contribution in [3.8, 4) is 0 Å². The lowest BCUT2D eigenvalue weighted by Crippen LogP contribution is -2.49. The number of amides is 9. The third-order valence-corrected chi connectivity index (χ3v) is 9.54. The lowest BCUT2D eigenvalue weighted by atomic mass is 10.1. The van der Waals surface area contributed by atoms with Gasteiger partial charge in [-0.2, -0.15) is 0 Å². The maximum Gasteiger partial charge on any atom is 0.253 e. The molecule has 4 atom stereocenters. The molecule has 0 aromatic carbocycles. The van der Waals surface area contributed by atoms with Crippen LogP contribution in [0.3, 0.4) is 0 Å². The number of nitrogens with two attached hydrogens (primary N) is 1. The van der Waals surface area contributed by atoms with Crippen LogP contribution in [-0.2, 0) is 90.5 Å². The summed E-state index contributed by atoms with van der Waals surface area (Å²) >= 11 is 0. The van der Waals surface area contributed by atoms with Gasteiger partial charge in [0.15, 0.2) is 0 Å². The Kier molecular flexibility index (Phi) is 30.1. The van der Waals surface area contributed by atoms with Gasteiger partial charge < -0.3 is 90.3 Å². The molecular formula is C41H67N9O19. The number of nitrogens with zero attached hydrogens (tertiary/aromatic N) is 1.